The van der Waals surface area contributed by atoms with Crippen molar-refractivity contribution in [1.82, 2.24) is 10.0 Å². The molecule has 1 aromatic carbocycles. The lowest BCUT2D eigenvalue weighted by Gasteiger charge is -2.26. The first-order valence-electron chi connectivity index (χ1n) is 6.87. The van der Waals surface area contributed by atoms with Gasteiger partial charge in [0.05, 0.1) is 4.91 Å². The van der Waals surface area contributed by atoms with E-state index in [-0.39, 0.29) is 11.1 Å². The van der Waals surface area contributed by atoms with Gasteiger partial charge in [-0.1, -0.05) is 17.8 Å². The summed E-state index contributed by atoms with van der Waals surface area (Å²) >= 11 is 6.17. The number of fused-ring (bicyclic) bond motifs is 1. The molecule has 2 aliphatic heterocycles. The number of nitrogens with zero attached hydrogens (tertiary/aromatic N) is 2. The zero-order valence-electron chi connectivity index (χ0n) is 12.8. The van der Waals surface area contributed by atoms with Crippen LogP contribution < -0.4 is 9.47 Å². The summed E-state index contributed by atoms with van der Waals surface area (Å²) < 4.78 is 10.7. The molecular weight excluding hydrogens is 352 g/mol. The van der Waals surface area contributed by atoms with Gasteiger partial charge in [-0.2, -0.15) is 10.0 Å². The molecule has 124 valence electrons. The van der Waals surface area contributed by atoms with E-state index in [9.17, 15) is 14.4 Å². The van der Waals surface area contributed by atoms with E-state index in [4.69, 9.17) is 21.7 Å². The van der Waals surface area contributed by atoms with Gasteiger partial charge in [0.2, 0.25) is 18.6 Å². The molecule has 3 rings (SSSR count). The van der Waals surface area contributed by atoms with Gasteiger partial charge >= 0.3 is 0 Å². The van der Waals surface area contributed by atoms with Gasteiger partial charge in [-0.25, -0.2) is 0 Å². The van der Waals surface area contributed by atoms with E-state index in [1.807, 2.05) is 0 Å². The number of hydrogen-bond donors (Lipinski definition) is 0. The van der Waals surface area contributed by atoms with Gasteiger partial charge < -0.3 is 9.47 Å². The first kappa shape index (κ1) is 16.5. The van der Waals surface area contributed by atoms with E-state index in [1.165, 1.54) is 13.8 Å². The summed E-state index contributed by atoms with van der Waals surface area (Å²) in [5, 5.41) is 1.65. The Hall–Kier alpha value is -2.39. The van der Waals surface area contributed by atoms with Crippen LogP contribution in [0.4, 0.5) is 0 Å². The minimum absolute atomic E-state index is 0.123. The molecule has 0 atom stereocenters. The minimum Gasteiger partial charge on any atom is -0.454 e. The highest BCUT2D eigenvalue weighted by Gasteiger charge is 2.39. The number of benzene rings is 1. The summed E-state index contributed by atoms with van der Waals surface area (Å²) in [7, 11) is 0. The highest BCUT2D eigenvalue weighted by molar-refractivity contribution is 8.26. The standard InChI is InChI=1S/C15H12N2O5S2/c1-8(18)16(9(2)19)17-14(20)13(24-15(17)23)6-10-3-4-11-12(5-10)22-7-21-11/h3-6H,7H2,1-2H3/b13-6+. The van der Waals surface area contributed by atoms with Crippen molar-refractivity contribution < 1.29 is 23.9 Å². The fourth-order valence-corrected chi connectivity index (χ4v) is 3.53. The summed E-state index contributed by atoms with van der Waals surface area (Å²) in [5.74, 6) is -0.452. The highest BCUT2D eigenvalue weighted by atomic mass is 32.2. The van der Waals surface area contributed by atoms with Crippen molar-refractivity contribution in [1.29, 1.82) is 0 Å². The normalized spacial score (nSPS) is 17.6. The van der Waals surface area contributed by atoms with Crippen LogP contribution in [0.25, 0.3) is 6.08 Å². The zero-order chi connectivity index (χ0) is 17.4. The molecule has 1 aromatic rings. The van der Waals surface area contributed by atoms with Crippen molar-refractivity contribution in [3.8, 4) is 11.5 Å². The number of imide groups is 1. The van der Waals surface area contributed by atoms with Crippen LogP contribution in [0.5, 0.6) is 11.5 Å². The summed E-state index contributed by atoms with van der Waals surface area (Å²) in [4.78, 5) is 36.2. The van der Waals surface area contributed by atoms with Gasteiger partial charge in [0.25, 0.3) is 5.91 Å². The Kier molecular flexibility index (Phi) is 4.29. The zero-order valence-corrected chi connectivity index (χ0v) is 14.4. The maximum atomic E-state index is 12.6. The van der Waals surface area contributed by atoms with Crippen LogP contribution in [0.2, 0.25) is 0 Å². The number of rotatable bonds is 2. The molecule has 0 N–H and O–H groups in total. The molecule has 0 aromatic heterocycles. The van der Waals surface area contributed by atoms with Crippen LogP contribution in [-0.4, -0.2) is 38.9 Å². The Bertz CT molecular complexity index is 791. The topological polar surface area (TPSA) is 76.2 Å². The fourth-order valence-electron chi connectivity index (χ4n) is 2.29. The third-order valence-electron chi connectivity index (χ3n) is 3.26. The number of thioether (sulfide) groups is 1. The molecule has 2 heterocycles. The number of carbonyl (C=O) groups excluding carboxylic acids is 3. The number of ether oxygens (including phenoxy) is 2. The number of thiocarbonyl (C=S) groups is 1. The van der Waals surface area contributed by atoms with Crippen molar-refractivity contribution in [2.75, 3.05) is 6.79 Å². The summed E-state index contributed by atoms with van der Waals surface area (Å²) in [6, 6.07) is 5.25. The molecule has 0 saturated carbocycles. The van der Waals surface area contributed by atoms with E-state index in [0.29, 0.717) is 16.4 Å². The molecule has 1 fully saturated rings. The van der Waals surface area contributed by atoms with Gasteiger partial charge in [-0.15, -0.1) is 0 Å². The van der Waals surface area contributed by atoms with Crippen LogP contribution >= 0.6 is 24.0 Å². The molecule has 24 heavy (non-hydrogen) atoms. The molecule has 0 radical (unpaired) electrons. The smallest absolute Gasteiger partial charge is 0.285 e. The molecule has 3 amide bonds. The Morgan fingerprint density at radius 3 is 2.58 bits per heavy atom. The SMILES string of the molecule is CC(=O)N(C(C)=O)N1C(=O)/C(=C\c2ccc3c(c2)OCO3)SC1=S. The van der Waals surface area contributed by atoms with Gasteiger partial charge in [0.1, 0.15) is 0 Å². The van der Waals surface area contributed by atoms with Crippen LogP contribution in [-0.2, 0) is 14.4 Å². The lowest BCUT2D eigenvalue weighted by atomic mass is 10.2. The molecule has 9 heteroatoms. The second-order valence-corrected chi connectivity index (χ2v) is 6.63. The fraction of sp³-hybridized carbons (Fsp3) is 0.200. The minimum atomic E-state index is -0.580. The second-order valence-electron chi connectivity index (χ2n) is 4.96. The lowest BCUT2D eigenvalue weighted by Crippen LogP contribution is -2.50. The molecule has 7 nitrogen and oxygen atoms in total. The van der Waals surface area contributed by atoms with E-state index in [1.54, 1.807) is 24.3 Å². The van der Waals surface area contributed by atoms with Crippen LogP contribution in [0, 0.1) is 0 Å². The van der Waals surface area contributed by atoms with Crippen LogP contribution in [0.1, 0.15) is 19.4 Å². The summed E-state index contributed by atoms with van der Waals surface area (Å²) in [5.41, 5.74) is 0.719. The van der Waals surface area contributed by atoms with Crippen molar-refractivity contribution in [3.05, 3.63) is 28.7 Å². The third kappa shape index (κ3) is 2.87. The van der Waals surface area contributed by atoms with Gasteiger partial charge in [0.15, 0.2) is 15.8 Å². The Morgan fingerprint density at radius 2 is 1.92 bits per heavy atom. The van der Waals surface area contributed by atoms with Gasteiger partial charge in [0, 0.05) is 13.8 Å². The molecule has 1 saturated heterocycles. The van der Waals surface area contributed by atoms with Crippen molar-refractivity contribution in [2.24, 2.45) is 0 Å². The third-order valence-corrected chi connectivity index (χ3v) is 4.55. The molecular formula is C15H12N2O5S2. The molecule has 2 aliphatic rings. The highest BCUT2D eigenvalue weighted by Crippen LogP contribution is 2.36. The molecule has 0 unspecified atom stereocenters. The number of carbonyl (C=O) groups is 3. The predicted molar refractivity (Wildman–Crippen MR) is 90.8 cm³/mol. The molecule has 0 aliphatic carbocycles. The van der Waals surface area contributed by atoms with E-state index in [2.05, 4.69) is 0 Å². The predicted octanol–water partition coefficient (Wildman–Crippen LogP) is 1.93. The van der Waals surface area contributed by atoms with Crippen molar-refractivity contribution >= 4 is 52.1 Å². The van der Waals surface area contributed by atoms with Gasteiger partial charge in [-0.05, 0) is 36.0 Å². The molecule has 0 spiro atoms. The van der Waals surface area contributed by atoms with E-state index >= 15 is 0 Å². The van der Waals surface area contributed by atoms with E-state index in [0.717, 1.165) is 27.3 Å². The van der Waals surface area contributed by atoms with Gasteiger partial charge in [-0.3, -0.25) is 14.4 Å². The monoisotopic (exact) mass is 364 g/mol. The quantitative estimate of drug-likeness (QED) is 0.586. The van der Waals surface area contributed by atoms with Crippen LogP contribution in [0.15, 0.2) is 23.1 Å². The average molecular weight is 364 g/mol. The molecule has 0 bridgehead atoms. The Labute approximate surface area is 147 Å². The Balaban J connectivity index is 1.91. The maximum Gasteiger partial charge on any atom is 0.285 e. The second kappa shape index (κ2) is 6.25. The summed E-state index contributed by atoms with van der Waals surface area (Å²) in [6.07, 6.45) is 1.62. The largest absolute Gasteiger partial charge is 0.454 e. The van der Waals surface area contributed by atoms with Crippen molar-refractivity contribution in [2.45, 2.75) is 13.8 Å². The first-order chi connectivity index (χ1) is 11.4. The van der Waals surface area contributed by atoms with Crippen molar-refractivity contribution in [3.63, 3.8) is 0 Å². The average Bonchev–Trinajstić information content (AvgIpc) is 3.06. The first-order valence-corrected chi connectivity index (χ1v) is 8.09. The summed E-state index contributed by atoms with van der Waals surface area (Å²) in [6.45, 7) is 2.55. The maximum absolute atomic E-state index is 12.6. The lowest BCUT2D eigenvalue weighted by molar-refractivity contribution is -0.160. The number of amides is 3. The van der Waals surface area contributed by atoms with Crippen LogP contribution in [0.3, 0.4) is 0 Å². The van der Waals surface area contributed by atoms with E-state index < -0.39 is 17.7 Å². The number of hydrazine groups is 1. The number of hydrogen-bond acceptors (Lipinski definition) is 7. The Morgan fingerprint density at radius 1 is 1.25 bits per heavy atom.